The topological polar surface area (TPSA) is 64.4 Å². The number of thiophene rings is 1. The van der Waals surface area contributed by atoms with Crippen LogP contribution in [0.1, 0.15) is 35.2 Å². The van der Waals surface area contributed by atoms with E-state index in [1.165, 1.54) is 10.4 Å². The zero-order valence-corrected chi connectivity index (χ0v) is 17.2. The maximum atomic E-state index is 13.2. The van der Waals surface area contributed by atoms with Crippen molar-refractivity contribution < 1.29 is 9.84 Å². The van der Waals surface area contributed by atoms with E-state index in [-0.39, 0.29) is 18.7 Å². The lowest BCUT2D eigenvalue weighted by Gasteiger charge is -2.18. The van der Waals surface area contributed by atoms with Crippen LogP contribution in [0.2, 0.25) is 0 Å². The molecule has 2 heterocycles. The molecule has 0 radical (unpaired) electrons. The van der Waals surface area contributed by atoms with Gasteiger partial charge in [0.1, 0.15) is 10.7 Å². The van der Waals surface area contributed by atoms with Crippen LogP contribution >= 0.6 is 11.3 Å². The number of hydrogen-bond acceptors (Lipinski definition) is 5. The normalized spacial score (nSPS) is 17.6. The van der Waals surface area contributed by atoms with Crippen LogP contribution in [0.5, 0.6) is 0 Å². The van der Waals surface area contributed by atoms with Gasteiger partial charge in [0.2, 0.25) is 0 Å². The minimum atomic E-state index is -0.756. The molecule has 0 amide bonds. The number of aliphatic hydroxyl groups excluding tert-OH is 1. The number of fused-ring (bicyclic) bond motifs is 3. The molecule has 0 saturated heterocycles. The molecule has 0 bridgehead atoms. The molecule has 4 rings (SSSR count). The maximum absolute atomic E-state index is 13.2. The largest absolute Gasteiger partial charge is 0.389 e. The van der Waals surface area contributed by atoms with Crippen LogP contribution in [0, 0.1) is 12.8 Å². The van der Waals surface area contributed by atoms with E-state index in [1.807, 2.05) is 37.3 Å². The fourth-order valence-corrected chi connectivity index (χ4v) is 5.31. The van der Waals surface area contributed by atoms with E-state index in [9.17, 15) is 9.90 Å². The van der Waals surface area contributed by atoms with Gasteiger partial charge in [0.05, 0.1) is 31.2 Å². The van der Waals surface area contributed by atoms with Crippen LogP contribution in [0.3, 0.4) is 0 Å². The van der Waals surface area contributed by atoms with Gasteiger partial charge in [0.15, 0.2) is 0 Å². The Hall–Kier alpha value is -2.02. The fraction of sp³-hybridized carbons (Fsp3) is 0.455. The Balaban J connectivity index is 1.51. The Morgan fingerprint density at radius 2 is 2.14 bits per heavy atom. The van der Waals surface area contributed by atoms with E-state index in [2.05, 4.69) is 11.9 Å². The number of rotatable bonds is 6. The van der Waals surface area contributed by atoms with E-state index in [4.69, 9.17) is 4.74 Å². The molecule has 0 fully saturated rings. The van der Waals surface area contributed by atoms with Gasteiger partial charge < -0.3 is 9.84 Å². The minimum Gasteiger partial charge on any atom is -0.389 e. The second-order valence-electron chi connectivity index (χ2n) is 7.76. The summed E-state index contributed by atoms with van der Waals surface area (Å²) in [5, 5.41) is 11.2. The zero-order valence-electron chi connectivity index (χ0n) is 16.4. The summed E-state index contributed by atoms with van der Waals surface area (Å²) in [6.45, 7) is 4.91. The van der Waals surface area contributed by atoms with E-state index in [0.29, 0.717) is 18.3 Å². The molecule has 0 unspecified atom stereocenters. The van der Waals surface area contributed by atoms with Crippen molar-refractivity contribution in [2.75, 3.05) is 6.61 Å². The van der Waals surface area contributed by atoms with Crippen molar-refractivity contribution in [1.82, 2.24) is 9.55 Å². The first kappa shape index (κ1) is 19.3. The van der Waals surface area contributed by atoms with Crippen molar-refractivity contribution in [3.8, 4) is 0 Å². The van der Waals surface area contributed by atoms with Gasteiger partial charge in [-0.15, -0.1) is 11.3 Å². The Labute approximate surface area is 168 Å². The summed E-state index contributed by atoms with van der Waals surface area (Å²) in [6.07, 6.45) is 2.33. The van der Waals surface area contributed by atoms with Crippen molar-refractivity contribution in [3.63, 3.8) is 0 Å². The van der Waals surface area contributed by atoms with Crippen LogP contribution in [0.15, 0.2) is 35.1 Å². The first-order valence-electron chi connectivity index (χ1n) is 9.84. The second kappa shape index (κ2) is 8.15. The first-order valence-corrected chi connectivity index (χ1v) is 10.7. The molecule has 1 aliphatic carbocycles. The number of aromatic nitrogens is 2. The van der Waals surface area contributed by atoms with Gasteiger partial charge in [-0.1, -0.05) is 37.3 Å². The number of aryl methyl sites for hydroxylation is 2. The van der Waals surface area contributed by atoms with Gasteiger partial charge in [-0.2, -0.15) is 0 Å². The lowest BCUT2D eigenvalue weighted by atomic mass is 9.89. The SMILES string of the molecule is Cc1nc2sc3c(c2c(=O)n1C[C@@H](O)COCc1ccccc1)CC[C@H](C)C3. The summed E-state index contributed by atoms with van der Waals surface area (Å²) in [5.41, 5.74) is 2.21. The average Bonchev–Trinajstić information content (AvgIpc) is 3.03. The highest BCUT2D eigenvalue weighted by atomic mass is 32.1. The molecule has 1 aromatic carbocycles. The summed E-state index contributed by atoms with van der Waals surface area (Å²) in [5.74, 6) is 1.30. The summed E-state index contributed by atoms with van der Waals surface area (Å²) in [7, 11) is 0. The highest BCUT2D eigenvalue weighted by molar-refractivity contribution is 7.18. The monoisotopic (exact) mass is 398 g/mol. The van der Waals surface area contributed by atoms with Crippen molar-refractivity contribution >= 4 is 21.6 Å². The Bertz CT molecular complexity index is 1030. The van der Waals surface area contributed by atoms with Crippen molar-refractivity contribution in [2.24, 2.45) is 5.92 Å². The molecule has 148 valence electrons. The van der Waals surface area contributed by atoms with Gasteiger partial charge in [-0.3, -0.25) is 9.36 Å². The molecular weight excluding hydrogens is 372 g/mol. The van der Waals surface area contributed by atoms with Crippen LogP contribution in [0.25, 0.3) is 10.2 Å². The zero-order chi connectivity index (χ0) is 19.7. The molecule has 3 aromatic rings. The van der Waals surface area contributed by atoms with Crippen molar-refractivity contribution in [1.29, 1.82) is 0 Å². The smallest absolute Gasteiger partial charge is 0.262 e. The Morgan fingerprint density at radius 3 is 2.93 bits per heavy atom. The predicted molar refractivity (Wildman–Crippen MR) is 112 cm³/mol. The minimum absolute atomic E-state index is 0.0309. The third-order valence-electron chi connectivity index (χ3n) is 5.42. The Morgan fingerprint density at radius 1 is 1.36 bits per heavy atom. The number of ether oxygens (including phenoxy) is 1. The standard InChI is InChI=1S/C22H26N2O3S/c1-14-8-9-18-19(10-14)28-21-20(18)22(26)24(15(2)23-21)11-17(25)13-27-12-16-6-4-3-5-7-16/h3-7,14,17,25H,8-13H2,1-2H3/t14-,17+/m0/s1. The summed E-state index contributed by atoms with van der Waals surface area (Å²) in [4.78, 5) is 20.0. The van der Waals surface area contributed by atoms with Gasteiger partial charge in [-0.25, -0.2) is 4.98 Å². The third kappa shape index (κ3) is 3.90. The molecule has 1 aliphatic rings. The second-order valence-corrected chi connectivity index (χ2v) is 8.84. The predicted octanol–water partition coefficient (Wildman–Crippen LogP) is 3.47. The van der Waals surface area contributed by atoms with Gasteiger partial charge in [-0.05, 0) is 43.2 Å². The van der Waals surface area contributed by atoms with Gasteiger partial charge in [0.25, 0.3) is 5.56 Å². The summed E-state index contributed by atoms with van der Waals surface area (Å²) < 4.78 is 7.23. The molecule has 6 heteroatoms. The highest BCUT2D eigenvalue weighted by Crippen LogP contribution is 2.35. The molecule has 2 aromatic heterocycles. The number of nitrogens with zero attached hydrogens (tertiary/aromatic N) is 2. The lowest BCUT2D eigenvalue weighted by Crippen LogP contribution is -2.31. The fourth-order valence-electron chi connectivity index (χ4n) is 3.89. The van der Waals surface area contributed by atoms with Gasteiger partial charge in [0, 0.05) is 4.88 Å². The first-order chi connectivity index (χ1) is 13.5. The number of benzene rings is 1. The van der Waals surface area contributed by atoms with E-state index in [0.717, 1.165) is 35.0 Å². The van der Waals surface area contributed by atoms with E-state index in [1.54, 1.807) is 15.9 Å². The Kier molecular flexibility index (Phi) is 5.62. The molecule has 1 N–H and O–H groups in total. The average molecular weight is 399 g/mol. The molecular formula is C22H26N2O3S. The lowest BCUT2D eigenvalue weighted by molar-refractivity contribution is 0.0195. The van der Waals surface area contributed by atoms with Crippen LogP contribution in [-0.4, -0.2) is 27.4 Å². The van der Waals surface area contributed by atoms with Crippen LogP contribution in [-0.2, 0) is 30.7 Å². The van der Waals surface area contributed by atoms with Crippen molar-refractivity contribution in [2.45, 2.75) is 52.4 Å². The van der Waals surface area contributed by atoms with E-state index < -0.39 is 6.10 Å². The van der Waals surface area contributed by atoms with E-state index >= 15 is 0 Å². The third-order valence-corrected chi connectivity index (χ3v) is 6.57. The molecule has 5 nitrogen and oxygen atoms in total. The number of hydrogen-bond donors (Lipinski definition) is 1. The quantitative estimate of drug-likeness (QED) is 0.691. The maximum Gasteiger partial charge on any atom is 0.262 e. The molecule has 0 spiro atoms. The molecule has 0 aliphatic heterocycles. The summed E-state index contributed by atoms with van der Waals surface area (Å²) in [6, 6.07) is 9.85. The van der Waals surface area contributed by atoms with Gasteiger partial charge >= 0.3 is 0 Å². The van der Waals surface area contributed by atoms with Crippen LogP contribution in [0.4, 0.5) is 0 Å². The van der Waals surface area contributed by atoms with Crippen molar-refractivity contribution in [3.05, 3.63) is 62.5 Å². The highest BCUT2D eigenvalue weighted by Gasteiger charge is 2.24. The summed E-state index contributed by atoms with van der Waals surface area (Å²) >= 11 is 1.66. The molecule has 28 heavy (non-hydrogen) atoms. The number of aliphatic hydroxyl groups is 1. The van der Waals surface area contributed by atoms with Crippen LogP contribution < -0.4 is 5.56 Å². The molecule has 2 atom stereocenters. The molecule has 0 saturated carbocycles.